The van der Waals surface area contributed by atoms with Gasteiger partial charge in [-0.3, -0.25) is 19.3 Å². The number of aromatic amines is 1. The molecule has 12 nitrogen and oxygen atoms in total. The molecule has 4 amide bonds. The van der Waals surface area contributed by atoms with Crippen molar-refractivity contribution in [1.82, 2.24) is 15.2 Å². The second kappa shape index (κ2) is 11.2. The van der Waals surface area contributed by atoms with E-state index in [0.717, 1.165) is 32.6 Å². The van der Waals surface area contributed by atoms with Gasteiger partial charge in [0.2, 0.25) is 0 Å². The van der Waals surface area contributed by atoms with Gasteiger partial charge in [0.1, 0.15) is 23.9 Å². The number of nitrogens with zero attached hydrogens (tertiary/aromatic N) is 2. The number of ether oxygens (including phenoxy) is 1. The third-order valence-electron chi connectivity index (χ3n) is 8.10. The van der Waals surface area contributed by atoms with E-state index < -0.39 is 54.3 Å². The molecule has 2 aliphatic rings. The van der Waals surface area contributed by atoms with Crippen LogP contribution in [-0.4, -0.2) is 69.1 Å². The largest absolute Gasteiger partial charge is 0.497 e. The van der Waals surface area contributed by atoms with Crippen molar-refractivity contribution >= 4 is 46.4 Å². The Labute approximate surface area is 250 Å². The van der Waals surface area contributed by atoms with E-state index in [0.29, 0.717) is 5.75 Å². The number of benzene rings is 3. The lowest BCUT2D eigenvalue weighted by molar-refractivity contribution is -0.140. The highest BCUT2D eigenvalue weighted by Crippen LogP contribution is 2.45. The van der Waals surface area contributed by atoms with Crippen molar-refractivity contribution in [2.45, 2.75) is 37.4 Å². The molecule has 224 valence electrons. The number of amides is 4. The number of nitrogens with one attached hydrogen (secondary N) is 2. The molecule has 44 heavy (non-hydrogen) atoms. The van der Waals surface area contributed by atoms with Crippen molar-refractivity contribution < 1.29 is 38.9 Å². The van der Waals surface area contributed by atoms with Crippen molar-refractivity contribution in [1.29, 1.82) is 0 Å². The average molecular weight is 597 g/mol. The van der Waals surface area contributed by atoms with E-state index in [-0.39, 0.29) is 24.1 Å². The van der Waals surface area contributed by atoms with Crippen LogP contribution in [0.25, 0.3) is 10.9 Å². The van der Waals surface area contributed by atoms with Gasteiger partial charge in [0.25, 0.3) is 11.8 Å². The summed E-state index contributed by atoms with van der Waals surface area (Å²) in [6.45, 7) is 0. The minimum atomic E-state index is -1.49. The number of hydrogen-bond donors (Lipinski definition) is 4. The van der Waals surface area contributed by atoms with Gasteiger partial charge in [-0.25, -0.2) is 14.5 Å². The molecule has 2 aliphatic heterocycles. The zero-order chi connectivity index (χ0) is 31.1. The maximum atomic E-state index is 14.3. The summed E-state index contributed by atoms with van der Waals surface area (Å²) in [5, 5.41) is 21.8. The molecule has 0 spiro atoms. The third kappa shape index (κ3) is 4.79. The summed E-state index contributed by atoms with van der Waals surface area (Å²) in [5.41, 5.74) is 3.17. The van der Waals surface area contributed by atoms with E-state index in [1.54, 1.807) is 19.2 Å². The van der Waals surface area contributed by atoms with Crippen molar-refractivity contribution in [2.75, 3.05) is 12.0 Å². The summed E-state index contributed by atoms with van der Waals surface area (Å²) >= 11 is 0. The molecule has 12 heteroatoms. The molecular weight excluding hydrogens is 568 g/mol. The summed E-state index contributed by atoms with van der Waals surface area (Å²) in [6, 6.07) is 17.2. The highest BCUT2D eigenvalue weighted by atomic mass is 16.5. The molecule has 3 heterocycles. The number of carbonyl (C=O) groups excluding carboxylic acids is 3. The number of methoxy groups -OCH3 is 1. The number of aliphatic carboxylic acids is 2. The quantitative estimate of drug-likeness (QED) is 0.212. The fourth-order valence-corrected chi connectivity index (χ4v) is 6.08. The van der Waals surface area contributed by atoms with Crippen LogP contribution in [0.5, 0.6) is 5.75 Å². The Bertz CT molecular complexity index is 1830. The molecule has 4 aromatic rings. The van der Waals surface area contributed by atoms with Crippen LogP contribution in [0.15, 0.2) is 72.8 Å². The Kier molecular flexibility index (Phi) is 7.25. The Morgan fingerprint density at radius 1 is 1.02 bits per heavy atom. The smallest absolute Gasteiger partial charge is 0.332 e. The van der Waals surface area contributed by atoms with E-state index in [9.17, 15) is 29.1 Å². The van der Waals surface area contributed by atoms with Gasteiger partial charge in [0.15, 0.2) is 0 Å². The number of imide groups is 1. The first-order valence-electron chi connectivity index (χ1n) is 13.9. The van der Waals surface area contributed by atoms with Crippen LogP contribution < -0.4 is 15.0 Å². The molecule has 3 atom stereocenters. The Morgan fingerprint density at radius 3 is 2.52 bits per heavy atom. The maximum Gasteiger partial charge on any atom is 0.332 e. The van der Waals surface area contributed by atoms with Crippen LogP contribution in [0.3, 0.4) is 0 Å². The molecular formula is C32H28N4O8. The van der Waals surface area contributed by atoms with E-state index in [1.165, 1.54) is 23.1 Å². The van der Waals surface area contributed by atoms with Gasteiger partial charge in [0.05, 0.1) is 18.4 Å². The van der Waals surface area contributed by atoms with Gasteiger partial charge in [-0.1, -0.05) is 42.5 Å². The lowest BCUT2D eigenvalue weighted by atomic mass is 9.89. The molecule has 0 saturated carbocycles. The van der Waals surface area contributed by atoms with E-state index >= 15 is 0 Å². The maximum absolute atomic E-state index is 14.3. The minimum Gasteiger partial charge on any atom is -0.497 e. The molecule has 1 saturated heterocycles. The standard InChI is InChI=1S/C32H28N4O8/c1-44-18-8-6-7-17(15-18)28-27-21(19-9-2-4-11-22(19)33-27)16-25-30(40)36(32(43)35(25)28)24-12-5-3-10-20(24)29(39)34-23(31(41)42)13-14-26(37)38/h2-12,15,23,25,28,33H,13-14,16H2,1H3,(H,34,39)(H,37,38)(H,41,42)/t23-,25-,28-/m0/s1. The van der Waals surface area contributed by atoms with Crippen molar-refractivity contribution in [3.63, 3.8) is 0 Å². The first-order chi connectivity index (χ1) is 21.2. The van der Waals surface area contributed by atoms with E-state index in [4.69, 9.17) is 9.84 Å². The molecule has 1 fully saturated rings. The molecule has 0 unspecified atom stereocenters. The van der Waals surface area contributed by atoms with Crippen molar-refractivity contribution in [2.24, 2.45) is 0 Å². The number of carbonyl (C=O) groups is 5. The lowest BCUT2D eigenvalue weighted by Crippen LogP contribution is -2.44. The van der Waals surface area contributed by atoms with Crippen molar-refractivity contribution in [3.05, 3.63) is 95.2 Å². The van der Waals surface area contributed by atoms with Gasteiger partial charge in [-0.15, -0.1) is 0 Å². The summed E-state index contributed by atoms with van der Waals surface area (Å²) in [7, 11) is 1.54. The zero-order valence-corrected chi connectivity index (χ0v) is 23.5. The Morgan fingerprint density at radius 2 is 1.77 bits per heavy atom. The van der Waals surface area contributed by atoms with Gasteiger partial charge >= 0.3 is 18.0 Å². The number of rotatable bonds is 9. The Balaban J connectivity index is 1.41. The van der Waals surface area contributed by atoms with Crippen LogP contribution in [0.4, 0.5) is 10.5 Å². The van der Waals surface area contributed by atoms with Crippen LogP contribution in [-0.2, 0) is 20.8 Å². The van der Waals surface area contributed by atoms with Gasteiger partial charge in [-0.05, 0) is 47.9 Å². The fraction of sp³-hybridized carbons (Fsp3) is 0.219. The number of aromatic nitrogens is 1. The number of fused-ring (bicyclic) bond motifs is 4. The first-order valence-corrected chi connectivity index (χ1v) is 13.9. The number of H-pyrrole nitrogens is 1. The minimum absolute atomic E-state index is 0.00492. The zero-order valence-electron chi connectivity index (χ0n) is 23.5. The SMILES string of the molecule is COc1cccc([C@H]2c3[nH]c4ccccc4c3C[C@H]3C(=O)N(c4ccccc4C(=O)N[C@@H](CCC(=O)O)C(=O)O)C(=O)N23)c1. The average Bonchev–Trinajstić information content (AvgIpc) is 3.51. The Hall–Kier alpha value is -5.65. The van der Waals surface area contributed by atoms with E-state index in [1.807, 2.05) is 42.5 Å². The number of hydrogen-bond acceptors (Lipinski definition) is 6. The highest BCUT2D eigenvalue weighted by molar-refractivity contribution is 6.24. The summed E-state index contributed by atoms with van der Waals surface area (Å²) in [6.07, 6.45) is -0.575. The third-order valence-corrected chi connectivity index (χ3v) is 8.10. The molecule has 4 N–H and O–H groups in total. The van der Waals surface area contributed by atoms with Crippen LogP contribution in [0.1, 0.15) is 46.1 Å². The second-order valence-electron chi connectivity index (χ2n) is 10.6. The normalized spacial score (nSPS) is 18.1. The monoisotopic (exact) mass is 596 g/mol. The van der Waals surface area contributed by atoms with Crippen molar-refractivity contribution in [3.8, 4) is 5.75 Å². The number of para-hydroxylation sites is 2. The van der Waals surface area contributed by atoms with Crippen LogP contribution in [0, 0.1) is 0 Å². The van der Waals surface area contributed by atoms with E-state index in [2.05, 4.69) is 10.3 Å². The summed E-state index contributed by atoms with van der Waals surface area (Å²) in [5.74, 6) is -3.42. The molecule has 1 aromatic heterocycles. The van der Waals surface area contributed by atoms with Gasteiger partial charge in [-0.2, -0.15) is 0 Å². The topological polar surface area (TPSA) is 169 Å². The lowest BCUT2D eigenvalue weighted by Gasteiger charge is -2.36. The second-order valence-corrected chi connectivity index (χ2v) is 10.6. The number of urea groups is 1. The predicted molar refractivity (Wildman–Crippen MR) is 158 cm³/mol. The summed E-state index contributed by atoms with van der Waals surface area (Å²) < 4.78 is 5.45. The van der Waals surface area contributed by atoms with Gasteiger partial charge in [0, 0.05) is 29.4 Å². The first kappa shape index (κ1) is 28.5. The summed E-state index contributed by atoms with van der Waals surface area (Å²) in [4.78, 5) is 70.5. The molecule has 0 radical (unpaired) electrons. The van der Waals surface area contributed by atoms with Crippen LogP contribution >= 0.6 is 0 Å². The fourth-order valence-electron chi connectivity index (χ4n) is 6.08. The molecule has 0 aliphatic carbocycles. The van der Waals surface area contributed by atoms with Gasteiger partial charge < -0.3 is 25.3 Å². The molecule has 0 bridgehead atoms. The molecule has 3 aromatic carbocycles. The predicted octanol–water partition coefficient (Wildman–Crippen LogP) is 3.71. The van der Waals surface area contributed by atoms with Crippen LogP contribution in [0.2, 0.25) is 0 Å². The molecule has 6 rings (SSSR count). The number of carboxylic acid groups (broad SMARTS) is 2. The highest BCUT2D eigenvalue weighted by Gasteiger charge is 2.53. The number of anilines is 1. The number of carboxylic acids is 2.